The molecule has 0 radical (unpaired) electrons. The van der Waals surface area contributed by atoms with Crippen molar-refractivity contribution >= 4 is 43.8 Å². The lowest BCUT2D eigenvalue weighted by atomic mass is 9.98. The number of fused-ring (bicyclic) bond motifs is 2. The van der Waals surface area contributed by atoms with E-state index in [-0.39, 0.29) is 5.82 Å². The zero-order valence-corrected chi connectivity index (χ0v) is 19.2. The predicted octanol–water partition coefficient (Wildman–Crippen LogP) is 8.37. The summed E-state index contributed by atoms with van der Waals surface area (Å²) < 4.78 is 16.4. The number of rotatable bonds is 4. The molecule has 4 aromatic carbocycles. The summed E-state index contributed by atoms with van der Waals surface area (Å²) in [7, 11) is 0. The van der Waals surface area contributed by atoms with Crippen molar-refractivity contribution in [2.24, 2.45) is 0 Å². The van der Waals surface area contributed by atoms with E-state index in [0.717, 1.165) is 49.2 Å². The summed E-state index contributed by atoms with van der Waals surface area (Å²) in [4.78, 5) is 8.90. The number of hydrogen-bond acceptors (Lipinski definition) is 4. The fourth-order valence-corrected chi connectivity index (χ4v) is 4.85. The van der Waals surface area contributed by atoms with Gasteiger partial charge in [-0.3, -0.25) is 4.98 Å². The van der Waals surface area contributed by atoms with Crippen molar-refractivity contribution < 1.29 is 4.39 Å². The fraction of sp³-hybridized carbons (Fsp3) is 0.0345. The SMILES string of the molecule is Cc1ccc(-c2ccc(-c3ccc4nccc(Nc5ccc6scnc6c5)c4c3)c(F)c2)cc1. The summed E-state index contributed by atoms with van der Waals surface area (Å²) in [5.74, 6) is -0.246. The van der Waals surface area contributed by atoms with E-state index < -0.39 is 0 Å². The molecule has 0 spiro atoms. The van der Waals surface area contributed by atoms with Crippen LogP contribution in [-0.2, 0) is 0 Å². The molecule has 0 aliphatic heterocycles. The second-order valence-electron chi connectivity index (χ2n) is 8.31. The van der Waals surface area contributed by atoms with Crippen LogP contribution in [-0.4, -0.2) is 9.97 Å². The van der Waals surface area contributed by atoms with Gasteiger partial charge in [-0.1, -0.05) is 48.0 Å². The minimum absolute atomic E-state index is 0.246. The highest BCUT2D eigenvalue weighted by molar-refractivity contribution is 7.16. The minimum Gasteiger partial charge on any atom is -0.355 e. The Morgan fingerprint density at radius 2 is 1.56 bits per heavy atom. The summed E-state index contributed by atoms with van der Waals surface area (Å²) in [6, 6.07) is 27.5. The van der Waals surface area contributed by atoms with Gasteiger partial charge in [-0.25, -0.2) is 9.37 Å². The Morgan fingerprint density at radius 1 is 0.735 bits per heavy atom. The lowest BCUT2D eigenvalue weighted by Gasteiger charge is -2.12. The Kier molecular flexibility index (Phi) is 5.04. The van der Waals surface area contributed by atoms with Crippen LogP contribution in [0.4, 0.5) is 15.8 Å². The van der Waals surface area contributed by atoms with Gasteiger partial charge in [0, 0.05) is 28.5 Å². The molecule has 0 saturated carbocycles. The highest BCUT2D eigenvalue weighted by atomic mass is 32.1. The molecular weight excluding hydrogens is 441 g/mol. The third-order valence-electron chi connectivity index (χ3n) is 6.02. The summed E-state index contributed by atoms with van der Waals surface area (Å²) in [6.45, 7) is 2.04. The van der Waals surface area contributed by atoms with Crippen LogP contribution >= 0.6 is 11.3 Å². The van der Waals surface area contributed by atoms with Gasteiger partial charge < -0.3 is 5.32 Å². The average Bonchev–Trinajstić information content (AvgIpc) is 3.32. The van der Waals surface area contributed by atoms with Gasteiger partial charge in [0.15, 0.2) is 0 Å². The van der Waals surface area contributed by atoms with E-state index in [1.54, 1.807) is 23.6 Å². The summed E-state index contributed by atoms with van der Waals surface area (Å²) in [5.41, 5.74) is 9.95. The first-order valence-electron chi connectivity index (χ1n) is 11.0. The van der Waals surface area contributed by atoms with Crippen LogP contribution in [0.25, 0.3) is 43.4 Å². The number of hydrogen-bond donors (Lipinski definition) is 1. The molecule has 1 N–H and O–H groups in total. The number of benzene rings is 4. The Labute approximate surface area is 200 Å². The van der Waals surface area contributed by atoms with Crippen LogP contribution in [0.15, 0.2) is 96.6 Å². The van der Waals surface area contributed by atoms with E-state index in [1.807, 2.05) is 85.2 Å². The van der Waals surface area contributed by atoms with Gasteiger partial charge >= 0.3 is 0 Å². The van der Waals surface area contributed by atoms with Crippen molar-refractivity contribution in [3.05, 3.63) is 108 Å². The van der Waals surface area contributed by atoms with E-state index in [9.17, 15) is 0 Å². The van der Waals surface area contributed by atoms with Crippen LogP contribution in [0.2, 0.25) is 0 Å². The van der Waals surface area contributed by atoms with Crippen LogP contribution in [0.3, 0.4) is 0 Å². The molecule has 2 aromatic heterocycles. The zero-order valence-electron chi connectivity index (χ0n) is 18.4. The first-order valence-corrected chi connectivity index (χ1v) is 11.9. The maximum atomic E-state index is 15.2. The van der Waals surface area contributed by atoms with Crippen LogP contribution < -0.4 is 5.32 Å². The molecule has 34 heavy (non-hydrogen) atoms. The summed E-state index contributed by atoms with van der Waals surface area (Å²) in [6.07, 6.45) is 1.78. The fourth-order valence-electron chi connectivity index (χ4n) is 4.19. The van der Waals surface area contributed by atoms with Gasteiger partial charge in [0.2, 0.25) is 0 Å². The summed E-state index contributed by atoms with van der Waals surface area (Å²) >= 11 is 1.62. The van der Waals surface area contributed by atoms with Crippen LogP contribution in [0, 0.1) is 12.7 Å². The van der Waals surface area contributed by atoms with Crippen LogP contribution in [0.5, 0.6) is 0 Å². The molecule has 0 fully saturated rings. The van der Waals surface area contributed by atoms with Crippen molar-refractivity contribution in [2.45, 2.75) is 6.92 Å². The topological polar surface area (TPSA) is 37.8 Å². The van der Waals surface area contributed by atoms with E-state index in [4.69, 9.17) is 0 Å². The third-order valence-corrected chi connectivity index (χ3v) is 6.83. The molecule has 0 aliphatic rings. The molecule has 3 nitrogen and oxygen atoms in total. The molecule has 6 rings (SSSR count). The normalized spacial score (nSPS) is 11.2. The first kappa shape index (κ1) is 20.5. The zero-order chi connectivity index (χ0) is 23.1. The Morgan fingerprint density at radius 3 is 2.41 bits per heavy atom. The highest BCUT2D eigenvalue weighted by Gasteiger charge is 2.11. The molecule has 0 bridgehead atoms. The molecule has 0 saturated heterocycles. The maximum absolute atomic E-state index is 15.2. The van der Waals surface area contributed by atoms with Gasteiger partial charge in [0.1, 0.15) is 5.82 Å². The number of nitrogens with one attached hydrogen (secondary N) is 1. The van der Waals surface area contributed by atoms with Crippen molar-refractivity contribution in [3.63, 3.8) is 0 Å². The number of aryl methyl sites for hydroxylation is 1. The van der Waals surface area contributed by atoms with E-state index >= 15 is 4.39 Å². The highest BCUT2D eigenvalue weighted by Crippen LogP contribution is 2.33. The van der Waals surface area contributed by atoms with Crippen molar-refractivity contribution in [3.8, 4) is 22.3 Å². The predicted molar refractivity (Wildman–Crippen MR) is 140 cm³/mol. The van der Waals surface area contributed by atoms with Gasteiger partial charge in [0.25, 0.3) is 0 Å². The minimum atomic E-state index is -0.246. The molecule has 164 valence electrons. The van der Waals surface area contributed by atoms with E-state index in [2.05, 4.69) is 21.4 Å². The standard InChI is InChI=1S/C29H20FN3S/c1-18-2-4-19(5-3-18)20-6-9-23(25(30)15-20)21-7-10-26-24(14-21)27(12-13-31-26)33-22-8-11-29-28(16-22)32-17-34-29/h2-17H,1H3,(H,31,33). The van der Waals surface area contributed by atoms with Crippen molar-refractivity contribution in [1.29, 1.82) is 0 Å². The van der Waals surface area contributed by atoms with Crippen molar-refractivity contribution in [1.82, 2.24) is 9.97 Å². The second-order valence-corrected chi connectivity index (χ2v) is 9.20. The smallest absolute Gasteiger partial charge is 0.131 e. The number of aromatic nitrogens is 2. The second kappa shape index (κ2) is 8.36. The monoisotopic (exact) mass is 461 g/mol. The Balaban J connectivity index is 1.38. The number of pyridine rings is 1. The quantitative estimate of drug-likeness (QED) is 0.286. The number of thiazole rings is 1. The number of anilines is 2. The van der Waals surface area contributed by atoms with Gasteiger partial charge in [0.05, 0.1) is 21.2 Å². The number of nitrogens with zero attached hydrogens (tertiary/aromatic N) is 2. The van der Waals surface area contributed by atoms with Gasteiger partial charge in [-0.15, -0.1) is 11.3 Å². The first-order chi connectivity index (χ1) is 16.6. The lowest BCUT2D eigenvalue weighted by molar-refractivity contribution is 0.632. The lowest BCUT2D eigenvalue weighted by Crippen LogP contribution is -1.94. The molecule has 2 heterocycles. The molecule has 0 atom stereocenters. The molecule has 5 heteroatoms. The molecular formula is C29H20FN3S. The van der Waals surface area contributed by atoms with Gasteiger partial charge in [-0.05, 0) is 66.1 Å². The largest absolute Gasteiger partial charge is 0.355 e. The van der Waals surface area contributed by atoms with Gasteiger partial charge in [-0.2, -0.15) is 0 Å². The molecule has 0 unspecified atom stereocenters. The van der Waals surface area contributed by atoms with Crippen LogP contribution in [0.1, 0.15) is 5.56 Å². The molecule has 0 amide bonds. The Hall–Kier alpha value is -4.09. The maximum Gasteiger partial charge on any atom is 0.131 e. The van der Waals surface area contributed by atoms with E-state index in [0.29, 0.717) is 5.56 Å². The summed E-state index contributed by atoms with van der Waals surface area (Å²) in [5, 5.41) is 4.42. The molecule has 0 aliphatic carbocycles. The van der Waals surface area contributed by atoms with E-state index in [1.165, 1.54) is 5.56 Å². The number of halogens is 1. The molecule has 6 aromatic rings. The third kappa shape index (κ3) is 3.80. The average molecular weight is 462 g/mol. The Bertz CT molecular complexity index is 1650. The van der Waals surface area contributed by atoms with Crippen molar-refractivity contribution in [2.75, 3.05) is 5.32 Å².